The highest BCUT2D eigenvalue weighted by molar-refractivity contribution is 7.98. The van der Waals surface area contributed by atoms with Crippen molar-refractivity contribution in [2.24, 2.45) is 5.73 Å². The molecule has 0 aromatic heterocycles. The number of alkyl halides is 2. The van der Waals surface area contributed by atoms with E-state index >= 15 is 0 Å². The van der Waals surface area contributed by atoms with Gasteiger partial charge in [0.2, 0.25) is 0 Å². The summed E-state index contributed by atoms with van der Waals surface area (Å²) in [5, 5.41) is 0. The first kappa shape index (κ1) is 10.5. The van der Waals surface area contributed by atoms with Crippen LogP contribution in [-0.4, -0.2) is 12.7 Å². The highest BCUT2D eigenvalue weighted by Gasteiger charge is 2.16. The smallest absolute Gasteiger partial charge is 0.257 e. The second kappa shape index (κ2) is 4.58. The molecule has 72 valence electrons. The molecule has 1 rings (SSSR count). The zero-order valence-corrected chi connectivity index (χ0v) is 8.02. The predicted molar refractivity (Wildman–Crippen MR) is 51.2 cm³/mol. The van der Waals surface area contributed by atoms with Crippen molar-refractivity contribution >= 4 is 11.8 Å². The Morgan fingerprint density at radius 2 is 1.77 bits per heavy atom. The Hall–Kier alpha value is -0.610. The average molecular weight is 203 g/mol. The van der Waals surface area contributed by atoms with Crippen molar-refractivity contribution in [3.05, 3.63) is 29.8 Å². The quantitative estimate of drug-likeness (QED) is 0.764. The van der Waals surface area contributed by atoms with Crippen LogP contribution in [0.15, 0.2) is 29.2 Å². The third-order valence-electron chi connectivity index (χ3n) is 1.77. The lowest BCUT2D eigenvalue weighted by Crippen LogP contribution is -2.18. The van der Waals surface area contributed by atoms with Crippen LogP contribution < -0.4 is 5.73 Å². The lowest BCUT2D eigenvalue weighted by Gasteiger charge is -2.10. The maximum Gasteiger partial charge on any atom is 0.257 e. The third-order valence-corrected chi connectivity index (χ3v) is 2.52. The van der Waals surface area contributed by atoms with Gasteiger partial charge in [-0.15, -0.1) is 11.8 Å². The molecule has 0 fully saturated rings. The first-order valence-electron chi connectivity index (χ1n) is 3.83. The van der Waals surface area contributed by atoms with Crippen molar-refractivity contribution in [1.82, 2.24) is 0 Å². The standard InChI is InChI=1S/C9H11F2NS/c1-13-7-4-2-6(3-5-7)8(12)9(10)11/h2-5,8-9H,12H2,1H3. The monoisotopic (exact) mass is 203 g/mol. The number of hydrogen-bond donors (Lipinski definition) is 1. The van der Waals surface area contributed by atoms with E-state index in [1.54, 1.807) is 36.0 Å². The summed E-state index contributed by atoms with van der Waals surface area (Å²) in [7, 11) is 0. The van der Waals surface area contributed by atoms with Crippen molar-refractivity contribution in [3.8, 4) is 0 Å². The topological polar surface area (TPSA) is 26.0 Å². The van der Waals surface area contributed by atoms with Gasteiger partial charge in [-0.2, -0.15) is 0 Å². The minimum absolute atomic E-state index is 0.479. The van der Waals surface area contributed by atoms with E-state index in [1.807, 2.05) is 6.26 Å². The third kappa shape index (κ3) is 2.67. The maximum atomic E-state index is 12.2. The molecule has 0 radical (unpaired) electrons. The lowest BCUT2D eigenvalue weighted by atomic mass is 10.1. The minimum atomic E-state index is -2.50. The predicted octanol–water partition coefficient (Wildman–Crippen LogP) is 2.67. The van der Waals surface area contributed by atoms with Gasteiger partial charge in [0.05, 0.1) is 6.04 Å². The zero-order valence-electron chi connectivity index (χ0n) is 7.21. The van der Waals surface area contributed by atoms with Gasteiger partial charge in [-0.3, -0.25) is 0 Å². The van der Waals surface area contributed by atoms with Crippen molar-refractivity contribution in [2.45, 2.75) is 17.4 Å². The molecular formula is C9H11F2NS. The highest BCUT2D eigenvalue weighted by atomic mass is 32.2. The fraction of sp³-hybridized carbons (Fsp3) is 0.333. The number of hydrogen-bond acceptors (Lipinski definition) is 2. The van der Waals surface area contributed by atoms with E-state index in [2.05, 4.69) is 0 Å². The largest absolute Gasteiger partial charge is 0.319 e. The fourth-order valence-corrected chi connectivity index (χ4v) is 1.38. The van der Waals surface area contributed by atoms with E-state index < -0.39 is 12.5 Å². The molecular weight excluding hydrogens is 192 g/mol. The molecule has 0 spiro atoms. The van der Waals surface area contributed by atoms with Crippen molar-refractivity contribution in [2.75, 3.05) is 6.26 Å². The van der Waals surface area contributed by atoms with Crippen molar-refractivity contribution in [1.29, 1.82) is 0 Å². The second-order valence-corrected chi connectivity index (χ2v) is 3.51. The van der Waals surface area contributed by atoms with Crippen LogP contribution in [0.4, 0.5) is 8.78 Å². The van der Waals surface area contributed by atoms with Crippen molar-refractivity contribution in [3.63, 3.8) is 0 Å². The molecule has 0 aliphatic rings. The average Bonchev–Trinajstić information content (AvgIpc) is 2.17. The molecule has 1 atom stereocenters. The van der Waals surface area contributed by atoms with Crippen LogP contribution in [0.3, 0.4) is 0 Å². The fourth-order valence-electron chi connectivity index (χ4n) is 0.972. The van der Waals surface area contributed by atoms with Gasteiger partial charge in [-0.1, -0.05) is 12.1 Å². The van der Waals surface area contributed by atoms with E-state index in [9.17, 15) is 8.78 Å². The molecule has 2 N–H and O–H groups in total. The molecule has 0 bridgehead atoms. The first-order valence-corrected chi connectivity index (χ1v) is 5.05. The number of benzene rings is 1. The molecule has 0 aliphatic carbocycles. The summed E-state index contributed by atoms with van der Waals surface area (Å²) in [6, 6.07) is 5.70. The van der Waals surface area contributed by atoms with Gasteiger partial charge in [0.25, 0.3) is 6.43 Å². The Morgan fingerprint density at radius 3 is 2.15 bits per heavy atom. The molecule has 0 saturated carbocycles. The zero-order chi connectivity index (χ0) is 9.84. The van der Waals surface area contributed by atoms with Crippen LogP contribution in [0.1, 0.15) is 11.6 Å². The summed E-state index contributed by atoms with van der Waals surface area (Å²) < 4.78 is 24.3. The van der Waals surface area contributed by atoms with Crippen LogP contribution in [0.5, 0.6) is 0 Å². The molecule has 1 unspecified atom stereocenters. The Bertz CT molecular complexity index is 261. The number of rotatable bonds is 3. The molecule has 1 aromatic carbocycles. The van der Waals surface area contributed by atoms with E-state index in [1.165, 1.54) is 0 Å². The molecule has 0 amide bonds. The van der Waals surface area contributed by atoms with Crippen LogP contribution in [0.2, 0.25) is 0 Å². The Morgan fingerprint density at radius 1 is 1.23 bits per heavy atom. The van der Waals surface area contributed by atoms with E-state index in [0.717, 1.165) is 4.90 Å². The van der Waals surface area contributed by atoms with Gasteiger partial charge in [0.15, 0.2) is 0 Å². The van der Waals surface area contributed by atoms with Gasteiger partial charge in [0, 0.05) is 4.90 Å². The van der Waals surface area contributed by atoms with Crippen molar-refractivity contribution < 1.29 is 8.78 Å². The molecule has 0 saturated heterocycles. The number of thioether (sulfide) groups is 1. The van der Waals surface area contributed by atoms with Crippen LogP contribution in [0.25, 0.3) is 0 Å². The SMILES string of the molecule is CSc1ccc(C(N)C(F)F)cc1. The summed E-state index contributed by atoms with van der Waals surface area (Å²) >= 11 is 1.57. The van der Waals surface area contributed by atoms with Gasteiger partial charge >= 0.3 is 0 Å². The molecule has 0 aliphatic heterocycles. The Balaban J connectivity index is 2.79. The summed E-state index contributed by atoms with van der Waals surface area (Å²) in [5.74, 6) is 0. The van der Waals surface area contributed by atoms with Gasteiger partial charge < -0.3 is 5.73 Å². The molecule has 13 heavy (non-hydrogen) atoms. The number of halogens is 2. The highest BCUT2D eigenvalue weighted by Crippen LogP contribution is 2.21. The molecule has 4 heteroatoms. The maximum absolute atomic E-state index is 12.2. The van der Waals surface area contributed by atoms with Gasteiger partial charge in [0.1, 0.15) is 0 Å². The summed E-state index contributed by atoms with van der Waals surface area (Å²) in [4.78, 5) is 1.05. The summed E-state index contributed by atoms with van der Waals surface area (Å²) in [6.45, 7) is 0. The molecule has 1 nitrogen and oxygen atoms in total. The summed E-state index contributed by atoms with van der Waals surface area (Å²) in [6.07, 6.45) is -0.567. The van der Waals surface area contributed by atoms with E-state index in [4.69, 9.17) is 5.73 Å². The first-order chi connectivity index (χ1) is 6.15. The minimum Gasteiger partial charge on any atom is -0.319 e. The number of nitrogens with two attached hydrogens (primary N) is 1. The molecule has 1 aromatic rings. The van der Waals surface area contributed by atoms with E-state index in [-0.39, 0.29) is 0 Å². The van der Waals surface area contributed by atoms with Crippen LogP contribution in [-0.2, 0) is 0 Å². The van der Waals surface area contributed by atoms with Gasteiger partial charge in [-0.25, -0.2) is 8.78 Å². The molecule has 0 heterocycles. The van der Waals surface area contributed by atoms with Gasteiger partial charge in [-0.05, 0) is 24.0 Å². The van der Waals surface area contributed by atoms with Crippen LogP contribution in [0, 0.1) is 0 Å². The second-order valence-electron chi connectivity index (χ2n) is 2.63. The lowest BCUT2D eigenvalue weighted by molar-refractivity contribution is 0.116. The van der Waals surface area contributed by atoms with Crippen LogP contribution >= 0.6 is 11.8 Å². The normalized spacial score (nSPS) is 13.3. The summed E-state index contributed by atoms with van der Waals surface area (Å²) in [5.41, 5.74) is 5.75. The van der Waals surface area contributed by atoms with E-state index in [0.29, 0.717) is 5.56 Å². The Labute approximate surface area is 80.3 Å². The Kier molecular flexibility index (Phi) is 3.69.